The van der Waals surface area contributed by atoms with Crippen molar-refractivity contribution in [2.24, 2.45) is 0 Å². The van der Waals surface area contributed by atoms with Crippen LogP contribution in [0.4, 0.5) is 11.4 Å². The lowest BCUT2D eigenvalue weighted by Crippen LogP contribution is -2.60. The number of fused-ring (bicyclic) bond motifs is 18. The van der Waals surface area contributed by atoms with Crippen LogP contribution in [-0.2, 0) is 16.2 Å². The van der Waals surface area contributed by atoms with Crippen molar-refractivity contribution in [2.75, 3.05) is 4.81 Å². The van der Waals surface area contributed by atoms with Crippen molar-refractivity contribution in [3.63, 3.8) is 0 Å². The first-order valence-corrected chi connectivity index (χ1v) is 23.7. The molecule has 0 spiro atoms. The predicted octanol–water partition coefficient (Wildman–Crippen LogP) is 15.2. The fourth-order valence-corrected chi connectivity index (χ4v) is 13.1. The highest BCUT2D eigenvalue weighted by Crippen LogP contribution is 2.55. The number of thiophene rings is 1. The Balaban J connectivity index is 1.15. The van der Waals surface area contributed by atoms with E-state index >= 15 is 0 Å². The molecule has 0 amide bonds. The normalized spacial score (nSPS) is 14.9. The van der Waals surface area contributed by atoms with E-state index in [-0.39, 0.29) is 23.1 Å². The first-order chi connectivity index (χ1) is 30.8. The molecule has 5 heteroatoms. The van der Waals surface area contributed by atoms with Crippen LogP contribution < -0.4 is 15.7 Å². The fourth-order valence-electron chi connectivity index (χ4n) is 12.0. The van der Waals surface area contributed by atoms with Crippen LogP contribution in [0, 0.1) is 0 Å². The van der Waals surface area contributed by atoms with Gasteiger partial charge < -0.3 is 13.8 Å². The monoisotopic (exact) mass is 842 g/mol. The minimum absolute atomic E-state index is 0.0346. The molecule has 3 aliphatic rings. The Morgan fingerprint density at radius 1 is 0.531 bits per heavy atom. The second-order valence-electron chi connectivity index (χ2n) is 21.3. The van der Waals surface area contributed by atoms with Crippen molar-refractivity contribution < 1.29 is 4.42 Å². The first-order valence-electron chi connectivity index (χ1n) is 22.9. The zero-order valence-electron chi connectivity index (χ0n) is 37.6. The van der Waals surface area contributed by atoms with Crippen LogP contribution in [0.25, 0.3) is 91.9 Å². The minimum atomic E-state index is -0.166. The highest BCUT2D eigenvalue weighted by atomic mass is 32.1. The van der Waals surface area contributed by atoms with Gasteiger partial charge in [0.1, 0.15) is 11.2 Å². The second kappa shape index (κ2) is 12.0. The van der Waals surface area contributed by atoms with Crippen molar-refractivity contribution in [3.8, 4) is 27.9 Å². The van der Waals surface area contributed by atoms with Crippen molar-refractivity contribution in [3.05, 3.63) is 162 Å². The molecular weight excluding hydrogens is 796 g/mol. The predicted molar refractivity (Wildman–Crippen MR) is 275 cm³/mol. The van der Waals surface area contributed by atoms with Gasteiger partial charge in [0.15, 0.2) is 0 Å². The fraction of sp³-hybridized carbons (Fsp3) is 0.186. The highest BCUT2D eigenvalue weighted by molar-refractivity contribution is 7.26. The summed E-state index contributed by atoms with van der Waals surface area (Å²) >= 11 is 1.91. The number of benzene rings is 8. The molecule has 0 fully saturated rings. The molecule has 64 heavy (non-hydrogen) atoms. The lowest BCUT2D eigenvalue weighted by Gasteiger charge is -2.42. The maximum atomic E-state index is 6.59. The van der Waals surface area contributed by atoms with Gasteiger partial charge in [0.25, 0.3) is 0 Å². The third-order valence-electron chi connectivity index (χ3n) is 15.3. The smallest absolute Gasteiger partial charge is 0.333 e. The van der Waals surface area contributed by atoms with Gasteiger partial charge in [-0.3, -0.25) is 0 Å². The third kappa shape index (κ3) is 4.63. The molecule has 308 valence electrons. The van der Waals surface area contributed by atoms with Crippen molar-refractivity contribution in [1.82, 2.24) is 4.57 Å². The molecule has 8 aromatic carbocycles. The molecule has 0 N–H and O–H groups in total. The Labute approximate surface area is 377 Å². The number of hydrogen-bond donors (Lipinski definition) is 0. The largest absolute Gasteiger partial charge is 0.456 e. The summed E-state index contributed by atoms with van der Waals surface area (Å²) in [6.45, 7) is 18.7. The summed E-state index contributed by atoms with van der Waals surface area (Å²) in [5.74, 6) is 0. The van der Waals surface area contributed by atoms with Gasteiger partial charge in [-0.1, -0.05) is 134 Å². The van der Waals surface area contributed by atoms with Crippen LogP contribution in [0.1, 0.15) is 77.6 Å². The lowest BCUT2D eigenvalue weighted by atomic mass is 9.44. The molecule has 0 atom stereocenters. The Kier molecular flexibility index (Phi) is 6.89. The first kappa shape index (κ1) is 36.9. The summed E-state index contributed by atoms with van der Waals surface area (Å²) in [5.41, 5.74) is 21.6. The Morgan fingerprint density at radius 2 is 1.25 bits per heavy atom. The van der Waals surface area contributed by atoms with Crippen LogP contribution in [0.5, 0.6) is 0 Å². The van der Waals surface area contributed by atoms with E-state index in [1.807, 2.05) is 11.3 Å². The molecular formula is C59H47BN2OS. The molecule has 0 radical (unpaired) electrons. The number of furan rings is 1. The molecule has 3 aromatic heterocycles. The number of aromatic nitrogens is 1. The van der Waals surface area contributed by atoms with E-state index in [2.05, 4.69) is 204 Å². The maximum Gasteiger partial charge on any atom is 0.333 e. The van der Waals surface area contributed by atoms with E-state index < -0.39 is 0 Å². The van der Waals surface area contributed by atoms with Gasteiger partial charge in [0.05, 0.1) is 11.0 Å². The number of para-hydroxylation sites is 1. The molecule has 0 saturated heterocycles. The third-order valence-corrected chi connectivity index (χ3v) is 16.4. The average molecular weight is 843 g/mol. The van der Waals surface area contributed by atoms with E-state index in [9.17, 15) is 0 Å². The SMILES string of the molecule is CC(C)(C)c1ccc(N2B3c4cc5sc6ccccc6c5cc4-n4c5ccc6oc7ccccc7c6c5c5ccc(c3c54)-c3cc4c(cc32)-c2ccc(C(C)(C)C)cc2C4(C)C)cc1. The molecule has 2 aliphatic heterocycles. The molecule has 11 aromatic rings. The van der Waals surface area contributed by atoms with Gasteiger partial charge in [-0.25, -0.2) is 0 Å². The quantitative estimate of drug-likeness (QED) is 0.154. The zero-order chi connectivity index (χ0) is 43.3. The van der Waals surface area contributed by atoms with E-state index in [1.165, 1.54) is 120 Å². The summed E-state index contributed by atoms with van der Waals surface area (Å²) in [7, 11) is 0. The average Bonchev–Trinajstić information content (AvgIpc) is 4.00. The van der Waals surface area contributed by atoms with Crippen LogP contribution in [0.2, 0.25) is 0 Å². The Bertz CT molecular complexity index is 3900. The van der Waals surface area contributed by atoms with E-state index in [0.29, 0.717) is 0 Å². The molecule has 1 aliphatic carbocycles. The molecule has 5 heterocycles. The van der Waals surface area contributed by atoms with Gasteiger partial charge >= 0.3 is 6.85 Å². The summed E-state index contributed by atoms with van der Waals surface area (Å²) in [6, 6.07) is 53.8. The Morgan fingerprint density at radius 3 is 2.05 bits per heavy atom. The number of hydrogen-bond acceptors (Lipinski definition) is 3. The van der Waals surface area contributed by atoms with Gasteiger partial charge in [-0.05, 0) is 121 Å². The van der Waals surface area contributed by atoms with Gasteiger partial charge in [-0.2, -0.15) is 0 Å². The van der Waals surface area contributed by atoms with E-state index in [0.717, 1.165) is 16.6 Å². The molecule has 0 bridgehead atoms. The lowest BCUT2D eigenvalue weighted by molar-refractivity contribution is 0.584. The summed E-state index contributed by atoms with van der Waals surface area (Å²) in [4.78, 5) is 2.71. The summed E-state index contributed by atoms with van der Waals surface area (Å²) in [6.07, 6.45) is 0. The maximum absolute atomic E-state index is 6.59. The highest BCUT2D eigenvalue weighted by Gasteiger charge is 2.46. The minimum Gasteiger partial charge on any atom is -0.456 e. The standard InChI is InChI=1S/C59H47BN2OS/c1-57(2,3)32-17-20-34(21-18-32)62-47-29-40-35-22-19-33(58(4,5)6)27-43(35)59(7,8)44(40)28-41(47)37-23-24-39-53-46(25-26-50-54(53)38-14-9-11-15-49(38)63-50)61-48-30-42-36-13-10-12-16-51(36)64-52(42)31-45(48)60(62)55(37)56(39)61/h9-31H,1-8H3. The topological polar surface area (TPSA) is 21.3 Å². The number of nitrogens with zero attached hydrogens (tertiary/aromatic N) is 2. The van der Waals surface area contributed by atoms with Gasteiger partial charge in [0, 0.05) is 69.8 Å². The van der Waals surface area contributed by atoms with Crippen LogP contribution >= 0.6 is 11.3 Å². The molecule has 3 nitrogen and oxygen atoms in total. The van der Waals surface area contributed by atoms with E-state index in [1.54, 1.807) is 0 Å². The molecule has 0 unspecified atom stereocenters. The van der Waals surface area contributed by atoms with E-state index in [4.69, 9.17) is 4.42 Å². The zero-order valence-corrected chi connectivity index (χ0v) is 38.4. The van der Waals surface area contributed by atoms with Gasteiger partial charge in [0.2, 0.25) is 0 Å². The Hall–Kier alpha value is -6.56. The number of anilines is 2. The van der Waals surface area contributed by atoms with Crippen molar-refractivity contribution in [2.45, 2.75) is 71.6 Å². The molecule has 0 saturated carbocycles. The number of rotatable bonds is 1. The van der Waals surface area contributed by atoms with Crippen molar-refractivity contribution in [1.29, 1.82) is 0 Å². The van der Waals surface area contributed by atoms with Crippen LogP contribution in [-0.4, -0.2) is 11.4 Å². The molecule has 14 rings (SSSR count). The van der Waals surface area contributed by atoms with Crippen LogP contribution in [0.15, 0.2) is 144 Å². The summed E-state index contributed by atoms with van der Waals surface area (Å²) in [5, 5.41) is 7.51. The van der Waals surface area contributed by atoms with Gasteiger partial charge in [-0.15, -0.1) is 11.3 Å². The van der Waals surface area contributed by atoms with Crippen LogP contribution in [0.3, 0.4) is 0 Å². The van der Waals surface area contributed by atoms with Crippen molar-refractivity contribution >= 4 is 104 Å². The second-order valence-corrected chi connectivity index (χ2v) is 22.4. The summed E-state index contributed by atoms with van der Waals surface area (Å²) < 4.78 is 11.9.